The first kappa shape index (κ1) is 20.9. The van der Waals surface area contributed by atoms with E-state index in [9.17, 15) is 9.59 Å². The Kier molecular flexibility index (Phi) is 6.97. The van der Waals surface area contributed by atoms with Crippen molar-refractivity contribution in [3.05, 3.63) is 47.1 Å². The Hall–Kier alpha value is -2.40. The molecule has 0 aliphatic carbocycles. The molecular formula is C21H25ClN2O3. The van der Waals surface area contributed by atoms with Gasteiger partial charge < -0.3 is 10.1 Å². The molecule has 1 aromatic heterocycles. The zero-order valence-electron chi connectivity index (χ0n) is 16.1. The van der Waals surface area contributed by atoms with Gasteiger partial charge in [0.05, 0.1) is 12.6 Å². The fourth-order valence-corrected chi connectivity index (χ4v) is 3.28. The number of hydrogen-bond acceptors (Lipinski definition) is 4. The van der Waals surface area contributed by atoms with Gasteiger partial charge in [-0.05, 0) is 37.1 Å². The minimum atomic E-state index is -0.871. The smallest absolute Gasteiger partial charge is 0.270 e. The highest BCUT2D eigenvalue weighted by atomic mass is 35.5. The summed E-state index contributed by atoms with van der Waals surface area (Å²) in [6.45, 7) is 5.60. The lowest BCUT2D eigenvalue weighted by molar-refractivity contribution is -0.125. The van der Waals surface area contributed by atoms with E-state index < -0.39 is 5.54 Å². The summed E-state index contributed by atoms with van der Waals surface area (Å²) in [6, 6.07) is 10.5. The quantitative estimate of drug-likeness (QED) is 0.712. The number of Topliss-reactive ketones (excluding diaryl/α,β-unsaturated/α-hetero) is 1. The SMILES string of the molecule is CCC(=O)C(CC)(CC)NC(=O)c1ccc(OC)c(-c2cccc(Cl)c2)n1. The van der Waals surface area contributed by atoms with Gasteiger partial charge in [-0.3, -0.25) is 9.59 Å². The van der Waals surface area contributed by atoms with Gasteiger partial charge in [-0.2, -0.15) is 0 Å². The van der Waals surface area contributed by atoms with E-state index in [4.69, 9.17) is 16.3 Å². The van der Waals surface area contributed by atoms with Crippen LogP contribution in [0.2, 0.25) is 5.02 Å². The number of aromatic nitrogens is 1. The number of nitrogens with one attached hydrogen (secondary N) is 1. The molecule has 2 aromatic rings. The molecule has 1 aromatic carbocycles. The molecule has 0 aliphatic heterocycles. The lowest BCUT2D eigenvalue weighted by atomic mass is 9.86. The van der Waals surface area contributed by atoms with Gasteiger partial charge in [-0.15, -0.1) is 0 Å². The van der Waals surface area contributed by atoms with E-state index in [1.807, 2.05) is 26.0 Å². The average molecular weight is 389 g/mol. The molecule has 0 fully saturated rings. The minimum absolute atomic E-state index is 0.0180. The number of amides is 1. The van der Waals surface area contributed by atoms with Crippen molar-refractivity contribution in [3.8, 4) is 17.0 Å². The van der Waals surface area contributed by atoms with Crippen molar-refractivity contribution < 1.29 is 14.3 Å². The van der Waals surface area contributed by atoms with Crippen molar-refractivity contribution >= 4 is 23.3 Å². The third kappa shape index (κ3) is 4.48. The first-order valence-corrected chi connectivity index (χ1v) is 9.45. The van der Waals surface area contributed by atoms with Gasteiger partial charge >= 0.3 is 0 Å². The summed E-state index contributed by atoms with van der Waals surface area (Å²) in [5, 5.41) is 3.47. The van der Waals surface area contributed by atoms with E-state index in [1.165, 1.54) is 0 Å². The Bertz CT molecular complexity index is 832. The van der Waals surface area contributed by atoms with Crippen molar-refractivity contribution in [2.75, 3.05) is 7.11 Å². The number of ketones is 1. The second-order valence-electron chi connectivity index (χ2n) is 6.28. The van der Waals surface area contributed by atoms with E-state index in [0.717, 1.165) is 5.56 Å². The molecule has 6 heteroatoms. The Balaban J connectivity index is 2.43. The summed E-state index contributed by atoms with van der Waals surface area (Å²) in [5.74, 6) is 0.173. The maximum Gasteiger partial charge on any atom is 0.270 e. The molecular weight excluding hydrogens is 364 g/mol. The molecule has 2 rings (SSSR count). The van der Waals surface area contributed by atoms with Crippen LogP contribution in [0.5, 0.6) is 5.75 Å². The fourth-order valence-electron chi connectivity index (χ4n) is 3.09. The third-order valence-corrected chi connectivity index (χ3v) is 5.06. The Morgan fingerprint density at radius 2 is 1.85 bits per heavy atom. The van der Waals surface area contributed by atoms with Crippen molar-refractivity contribution in [1.29, 1.82) is 0 Å². The molecule has 27 heavy (non-hydrogen) atoms. The van der Waals surface area contributed by atoms with Crippen molar-refractivity contribution in [2.45, 2.75) is 45.6 Å². The van der Waals surface area contributed by atoms with Crippen molar-refractivity contribution in [2.24, 2.45) is 0 Å². The van der Waals surface area contributed by atoms with E-state index in [1.54, 1.807) is 38.3 Å². The van der Waals surface area contributed by atoms with Crippen LogP contribution in [0.3, 0.4) is 0 Å². The summed E-state index contributed by atoms with van der Waals surface area (Å²) >= 11 is 6.08. The molecule has 0 spiro atoms. The van der Waals surface area contributed by atoms with Gasteiger partial charge in [0.2, 0.25) is 0 Å². The largest absolute Gasteiger partial charge is 0.494 e. The van der Waals surface area contributed by atoms with Crippen LogP contribution in [-0.2, 0) is 4.79 Å². The zero-order valence-corrected chi connectivity index (χ0v) is 16.9. The molecule has 0 unspecified atom stereocenters. The Labute approximate surface area is 165 Å². The number of hydrogen-bond donors (Lipinski definition) is 1. The number of rotatable bonds is 8. The average Bonchev–Trinajstić information content (AvgIpc) is 2.70. The summed E-state index contributed by atoms with van der Waals surface area (Å²) in [7, 11) is 1.55. The Morgan fingerprint density at radius 3 is 2.41 bits per heavy atom. The maximum atomic E-state index is 12.9. The summed E-state index contributed by atoms with van der Waals surface area (Å²) in [5.41, 5.74) is 0.619. The zero-order chi connectivity index (χ0) is 20.0. The molecule has 0 aliphatic rings. The van der Waals surface area contributed by atoms with E-state index in [2.05, 4.69) is 10.3 Å². The second kappa shape index (κ2) is 9.00. The molecule has 5 nitrogen and oxygen atoms in total. The first-order valence-electron chi connectivity index (χ1n) is 9.07. The van der Waals surface area contributed by atoms with Gasteiger partial charge in [-0.25, -0.2) is 4.98 Å². The molecule has 144 valence electrons. The van der Waals surface area contributed by atoms with Gasteiger partial charge in [0.1, 0.15) is 17.1 Å². The molecule has 0 saturated carbocycles. The van der Waals surface area contributed by atoms with Gasteiger partial charge in [0, 0.05) is 17.0 Å². The fraction of sp³-hybridized carbons (Fsp3) is 0.381. The second-order valence-corrected chi connectivity index (χ2v) is 6.71. The lowest BCUT2D eigenvalue weighted by Crippen LogP contribution is -2.53. The van der Waals surface area contributed by atoms with Gasteiger partial charge in [0.25, 0.3) is 5.91 Å². The molecule has 1 amide bonds. The first-order chi connectivity index (χ1) is 12.9. The number of halogens is 1. The number of nitrogens with zero attached hydrogens (tertiary/aromatic N) is 1. The summed E-state index contributed by atoms with van der Waals surface area (Å²) < 4.78 is 5.38. The minimum Gasteiger partial charge on any atom is -0.494 e. The van der Waals surface area contributed by atoms with E-state index in [-0.39, 0.29) is 17.4 Å². The highest BCUT2D eigenvalue weighted by Crippen LogP contribution is 2.30. The lowest BCUT2D eigenvalue weighted by Gasteiger charge is -2.31. The maximum absolute atomic E-state index is 12.9. The molecule has 0 atom stereocenters. The molecule has 1 N–H and O–H groups in total. The molecule has 0 saturated heterocycles. The number of benzene rings is 1. The van der Waals surface area contributed by atoms with Crippen LogP contribution in [0.1, 0.15) is 50.5 Å². The van der Waals surface area contributed by atoms with Gasteiger partial charge in [0.15, 0.2) is 5.78 Å². The third-order valence-electron chi connectivity index (χ3n) is 4.82. The predicted octanol–water partition coefficient (Wildman–Crippen LogP) is 4.68. The van der Waals surface area contributed by atoms with Crippen molar-refractivity contribution in [3.63, 3.8) is 0 Å². The van der Waals surface area contributed by atoms with Crippen LogP contribution in [0.15, 0.2) is 36.4 Å². The van der Waals surface area contributed by atoms with Crippen LogP contribution >= 0.6 is 11.6 Å². The van der Waals surface area contributed by atoms with Crippen LogP contribution in [0.4, 0.5) is 0 Å². The van der Waals surface area contributed by atoms with Crippen LogP contribution < -0.4 is 10.1 Å². The molecule has 0 radical (unpaired) electrons. The number of ether oxygens (including phenoxy) is 1. The number of carbonyl (C=O) groups excluding carboxylic acids is 2. The summed E-state index contributed by atoms with van der Waals surface area (Å²) in [6.07, 6.45) is 1.42. The predicted molar refractivity (Wildman–Crippen MR) is 107 cm³/mol. The highest BCUT2D eigenvalue weighted by Gasteiger charge is 2.35. The van der Waals surface area contributed by atoms with Crippen LogP contribution in [0, 0.1) is 0 Å². The summed E-state index contributed by atoms with van der Waals surface area (Å²) in [4.78, 5) is 29.8. The monoisotopic (exact) mass is 388 g/mol. The van der Waals surface area contributed by atoms with Gasteiger partial charge in [-0.1, -0.05) is 44.5 Å². The van der Waals surface area contributed by atoms with E-state index >= 15 is 0 Å². The van der Waals surface area contributed by atoms with Crippen LogP contribution in [0.25, 0.3) is 11.3 Å². The van der Waals surface area contributed by atoms with Crippen LogP contribution in [-0.4, -0.2) is 29.3 Å². The number of methoxy groups -OCH3 is 1. The Morgan fingerprint density at radius 1 is 1.15 bits per heavy atom. The highest BCUT2D eigenvalue weighted by molar-refractivity contribution is 6.30. The standard InChI is InChI=1S/C21H25ClN2O3/c1-5-18(25)21(6-2,7-3)24-20(26)16-11-12-17(27-4)19(23-16)14-9-8-10-15(22)13-14/h8-13H,5-7H2,1-4H3,(H,24,26). The molecule has 0 bridgehead atoms. The normalized spacial score (nSPS) is 11.1. The number of pyridine rings is 1. The molecule has 1 heterocycles. The van der Waals surface area contributed by atoms with Crippen molar-refractivity contribution in [1.82, 2.24) is 10.3 Å². The number of carbonyl (C=O) groups is 2. The van der Waals surface area contributed by atoms with E-state index in [0.29, 0.717) is 35.7 Å². The topological polar surface area (TPSA) is 68.3 Å².